The molecule has 0 saturated heterocycles. The summed E-state index contributed by atoms with van der Waals surface area (Å²) < 4.78 is 4.95. The molecule has 0 aliphatic rings. The van der Waals surface area contributed by atoms with Gasteiger partial charge in [-0.2, -0.15) is 0 Å². The van der Waals surface area contributed by atoms with E-state index in [9.17, 15) is 4.79 Å². The summed E-state index contributed by atoms with van der Waals surface area (Å²) in [6.45, 7) is 6.18. The van der Waals surface area contributed by atoms with Gasteiger partial charge in [0.05, 0.1) is 18.2 Å². The van der Waals surface area contributed by atoms with E-state index < -0.39 is 0 Å². The van der Waals surface area contributed by atoms with Crippen molar-refractivity contribution in [1.82, 2.24) is 4.90 Å². The van der Waals surface area contributed by atoms with Crippen molar-refractivity contribution in [2.75, 3.05) is 32.0 Å². The molecule has 3 nitrogen and oxygen atoms in total. The van der Waals surface area contributed by atoms with Crippen LogP contribution in [0.15, 0.2) is 23.1 Å². The van der Waals surface area contributed by atoms with E-state index in [0.717, 1.165) is 23.7 Å². The van der Waals surface area contributed by atoms with Crippen LogP contribution in [-0.2, 0) is 9.53 Å². The highest BCUT2D eigenvalue weighted by Gasteiger charge is 2.10. The lowest BCUT2D eigenvalue weighted by Gasteiger charge is -2.19. The number of carbonyl (C=O) groups excluding carboxylic acids is 1. The zero-order valence-electron chi connectivity index (χ0n) is 11.7. The molecule has 0 bridgehead atoms. The molecule has 0 heterocycles. The molecule has 0 spiro atoms. The van der Waals surface area contributed by atoms with E-state index in [1.54, 1.807) is 23.9 Å². The van der Waals surface area contributed by atoms with Crippen LogP contribution in [0, 0.1) is 0 Å². The highest BCUT2D eigenvalue weighted by molar-refractivity contribution is 7.99. The number of benzene rings is 1. The monoisotopic (exact) mass is 335 g/mol. The quantitative estimate of drug-likeness (QED) is 0.531. The average molecular weight is 336 g/mol. The van der Waals surface area contributed by atoms with Crippen LogP contribution in [0.1, 0.15) is 13.8 Å². The van der Waals surface area contributed by atoms with Gasteiger partial charge >= 0.3 is 5.97 Å². The third-order valence-corrected chi connectivity index (χ3v) is 4.38. The molecule has 112 valence electrons. The van der Waals surface area contributed by atoms with Gasteiger partial charge < -0.3 is 4.74 Å². The summed E-state index contributed by atoms with van der Waals surface area (Å²) in [6.07, 6.45) is 0. The van der Waals surface area contributed by atoms with E-state index >= 15 is 0 Å². The van der Waals surface area contributed by atoms with Crippen LogP contribution < -0.4 is 0 Å². The molecule has 0 aromatic heterocycles. The Morgan fingerprint density at radius 2 is 2.10 bits per heavy atom. The standard InChI is InChI=1S/C14H19Cl2NO2S/c1-3-17(10-14(18)19-4-2)7-8-20-13-9-11(15)5-6-12(13)16/h5-6,9H,3-4,7-8,10H2,1-2H3. The van der Waals surface area contributed by atoms with Crippen LogP contribution in [0.2, 0.25) is 10.0 Å². The van der Waals surface area contributed by atoms with Crippen LogP contribution in [0.3, 0.4) is 0 Å². The van der Waals surface area contributed by atoms with Crippen LogP contribution >= 0.6 is 35.0 Å². The van der Waals surface area contributed by atoms with Crippen LogP contribution in [0.5, 0.6) is 0 Å². The van der Waals surface area contributed by atoms with Crippen LogP contribution in [0.25, 0.3) is 0 Å². The fourth-order valence-corrected chi connectivity index (χ4v) is 3.11. The first-order valence-electron chi connectivity index (χ1n) is 6.52. The second-order valence-electron chi connectivity index (χ2n) is 4.10. The van der Waals surface area contributed by atoms with Gasteiger partial charge in [-0.3, -0.25) is 9.69 Å². The van der Waals surface area contributed by atoms with Crippen molar-refractivity contribution in [2.45, 2.75) is 18.7 Å². The normalized spacial score (nSPS) is 10.8. The van der Waals surface area contributed by atoms with Crippen molar-refractivity contribution in [3.8, 4) is 0 Å². The first-order chi connectivity index (χ1) is 9.56. The minimum atomic E-state index is -0.180. The van der Waals surface area contributed by atoms with Gasteiger partial charge in [0.25, 0.3) is 0 Å². The maximum absolute atomic E-state index is 11.4. The molecular weight excluding hydrogens is 317 g/mol. The summed E-state index contributed by atoms with van der Waals surface area (Å²) in [5.41, 5.74) is 0. The lowest BCUT2D eigenvalue weighted by Crippen LogP contribution is -2.32. The summed E-state index contributed by atoms with van der Waals surface area (Å²) in [7, 11) is 0. The molecule has 0 unspecified atom stereocenters. The number of halogens is 2. The Hall–Kier alpha value is -0.420. The largest absolute Gasteiger partial charge is 0.465 e. The Kier molecular flexibility index (Phi) is 8.38. The zero-order chi connectivity index (χ0) is 15.0. The predicted octanol–water partition coefficient (Wildman–Crippen LogP) is 3.97. The third kappa shape index (κ3) is 6.35. The first-order valence-corrected chi connectivity index (χ1v) is 8.26. The minimum Gasteiger partial charge on any atom is -0.465 e. The van der Waals surface area contributed by atoms with Gasteiger partial charge in [-0.05, 0) is 31.7 Å². The second-order valence-corrected chi connectivity index (χ2v) is 6.08. The Morgan fingerprint density at radius 1 is 1.35 bits per heavy atom. The zero-order valence-corrected chi connectivity index (χ0v) is 14.0. The highest BCUT2D eigenvalue weighted by atomic mass is 35.5. The average Bonchev–Trinajstić information content (AvgIpc) is 2.41. The summed E-state index contributed by atoms with van der Waals surface area (Å²) in [5, 5.41) is 1.38. The van der Waals surface area contributed by atoms with E-state index in [1.165, 1.54) is 0 Å². The molecule has 1 aromatic rings. The third-order valence-electron chi connectivity index (χ3n) is 2.66. The second kappa shape index (κ2) is 9.50. The molecule has 6 heteroatoms. The maximum Gasteiger partial charge on any atom is 0.320 e. The number of likely N-dealkylation sites (N-methyl/N-ethyl adjacent to an activating group) is 1. The molecule has 0 saturated carbocycles. The molecule has 0 atom stereocenters. The summed E-state index contributed by atoms with van der Waals surface area (Å²) in [5.74, 6) is 0.660. The lowest BCUT2D eigenvalue weighted by molar-refractivity contribution is -0.144. The van der Waals surface area contributed by atoms with Gasteiger partial charge in [0, 0.05) is 22.2 Å². The smallest absolute Gasteiger partial charge is 0.320 e. The van der Waals surface area contributed by atoms with Crippen molar-refractivity contribution in [1.29, 1.82) is 0 Å². The van der Waals surface area contributed by atoms with Crippen molar-refractivity contribution in [2.24, 2.45) is 0 Å². The van der Waals surface area contributed by atoms with E-state index in [4.69, 9.17) is 27.9 Å². The van der Waals surface area contributed by atoms with Gasteiger partial charge in [-0.25, -0.2) is 0 Å². The number of nitrogens with zero attached hydrogens (tertiary/aromatic N) is 1. The molecule has 0 aliphatic heterocycles. The number of ether oxygens (including phenoxy) is 1. The molecular formula is C14H19Cl2NO2S. The molecule has 0 amide bonds. The first kappa shape index (κ1) is 17.6. The fourth-order valence-electron chi connectivity index (χ4n) is 1.61. The predicted molar refractivity (Wildman–Crippen MR) is 85.9 cm³/mol. The van der Waals surface area contributed by atoms with Crippen LogP contribution in [0.4, 0.5) is 0 Å². The van der Waals surface area contributed by atoms with Gasteiger partial charge in [0.15, 0.2) is 0 Å². The van der Waals surface area contributed by atoms with E-state index in [2.05, 4.69) is 0 Å². The van der Waals surface area contributed by atoms with Gasteiger partial charge in [-0.15, -0.1) is 11.8 Å². The summed E-state index contributed by atoms with van der Waals surface area (Å²) in [6, 6.07) is 5.42. The van der Waals surface area contributed by atoms with Gasteiger partial charge in [0.1, 0.15) is 0 Å². The number of carbonyl (C=O) groups is 1. The topological polar surface area (TPSA) is 29.5 Å². The molecule has 0 N–H and O–H groups in total. The number of hydrogen-bond acceptors (Lipinski definition) is 4. The molecule has 0 fully saturated rings. The van der Waals surface area contributed by atoms with Gasteiger partial charge in [0.2, 0.25) is 0 Å². The molecule has 1 aromatic carbocycles. The summed E-state index contributed by atoms with van der Waals surface area (Å²) in [4.78, 5) is 14.4. The highest BCUT2D eigenvalue weighted by Crippen LogP contribution is 2.29. The number of esters is 1. The molecule has 0 aliphatic carbocycles. The number of rotatable bonds is 8. The lowest BCUT2D eigenvalue weighted by atomic mass is 10.4. The van der Waals surface area contributed by atoms with Gasteiger partial charge in [-0.1, -0.05) is 30.1 Å². The Morgan fingerprint density at radius 3 is 2.75 bits per heavy atom. The van der Waals surface area contributed by atoms with Crippen molar-refractivity contribution >= 4 is 40.9 Å². The van der Waals surface area contributed by atoms with E-state index in [1.807, 2.05) is 24.8 Å². The fraction of sp³-hybridized carbons (Fsp3) is 0.500. The summed E-state index contributed by atoms with van der Waals surface area (Å²) >= 11 is 13.7. The Balaban J connectivity index is 2.41. The molecule has 1 rings (SSSR count). The maximum atomic E-state index is 11.4. The molecule has 0 radical (unpaired) electrons. The Bertz CT molecular complexity index is 443. The van der Waals surface area contributed by atoms with Crippen LogP contribution in [-0.4, -0.2) is 42.9 Å². The van der Waals surface area contributed by atoms with Crippen molar-refractivity contribution in [3.63, 3.8) is 0 Å². The van der Waals surface area contributed by atoms with Crippen molar-refractivity contribution in [3.05, 3.63) is 28.2 Å². The SMILES string of the molecule is CCOC(=O)CN(CC)CCSc1cc(Cl)ccc1Cl. The number of hydrogen-bond donors (Lipinski definition) is 0. The Labute approximate surface area is 134 Å². The van der Waals surface area contributed by atoms with E-state index in [0.29, 0.717) is 23.2 Å². The van der Waals surface area contributed by atoms with E-state index in [-0.39, 0.29) is 5.97 Å². The number of thioether (sulfide) groups is 1. The minimum absolute atomic E-state index is 0.180. The molecule has 20 heavy (non-hydrogen) atoms. The van der Waals surface area contributed by atoms with Crippen molar-refractivity contribution < 1.29 is 9.53 Å².